The highest BCUT2D eigenvalue weighted by atomic mass is 16.2. The summed E-state index contributed by atoms with van der Waals surface area (Å²) in [4.78, 5) is 34.4. The summed E-state index contributed by atoms with van der Waals surface area (Å²) >= 11 is 0. The monoisotopic (exact) mass is 459 g/mol. The third-order valence-corrected chi connectivity index (χ3v) is 6.60. The molecule has 9 heteroatoms. The molecule has 1 fully saturated rings. The first-order valence-corrected chi connectivity index (χ1v) is 11.2. The van der Waals surface area contributed by atoms with Gasteiger partial charge in [-0.25, -0.2) is 9.97 Å². The normalized spacial score (nSPS) is 14.9. The molecule has 34 heavy (non-hydrogen) atoms. The molecule has 2 heterocycles. The Labute approximate surface area is 198 Å². The number of carbonyl (C=O) groups is 2. The van der Waals surface area contributed by atoms with Crippen molar-refractivity contribution in [2.75, 3.05) is 19.8 Å². The van der Waals surface area contributed by atoms with Gasteiger partial charge < -0.3 is 16.0 Å². The van der Waals surface area contributed by atoms with Crippen molar-refractivity contribution in [1.29, 1.82) is 5.41 Å². The average molecular weight is 460 g/mol. The molecule has 3 aromatic rings. The van der Waals surface area contributed by atoms with Gasteiger partial charge in [-0.05, 0) is 36.8 Å². The lowest BCUT2D eigenvalue weighted by molar-refractivity contribution is -0.129. The second-order valence-electron chi connectivity index (χ2n) is 9.18. The molecule has 1 aliphatic carbocycles. The molecule has 2 aromatic heterocycles. The number of rotatable bonds is 9. The smallest absolute Gasteiger partial charge is 0.243 e. The Bertz CT molecular complexity index is 1210. The molecule has 0 bridgehead atoms. The number of benzene rings is 1. The van der Waals surface area contributed by atoms with Crippen molar-refractivity contribution in [2.45, 2.75) is 38.1 Å². The van der Waals surface area contributed by atoms with E-state index < -0.39 is 5.41 Å². The number of nitrogen functional groups attached to an aromatic ring is 1. The standard InChI is InChI=1S/C25H29N7O2/c1-25(20-8-9-20,19-6-4-16(5-7-19)17-11-28-24(27)29-12-17)22(26)10-21(33)18-13-30-32(14-18)15-23(34)31(2)3/h4-7,11-14,20,26H,8-10,15H2,1-3H3,(H2,27,28,29). The van der Waals surface area contributed by atoms with Gasteiger partial charge in [-0.2, -0.15) is 5.10 Å². The highest BCUT2D eigenvalue weighted by Gasteiger charge is 2.46. The summed E-state index contributed by atoms with van der Waals surface area (Å²) in [5.74, 6) is 0.287. The second kappa shape index (κ2) is 9.17. The predicted molar refractivity (Wildman–Crippen MR) is 130 cm³/mol. The molecule has 1 aromatic carbocycles. The zero-order valence-corrected chi connectivity index (χ0v) is 19.7. The molecule has 4 rings (SSSR count). The van der Waals surface area contributed by atoms with Gasteiger partial charge in [0, 0.05) is 55.8 Å². The summed E-state index contributed by atoms with van der Waals surface area (Å²) in [5.41, 5.74) is 8.70. The highest BCUT2D eigenvalue weighted by Crippen LogP contribution is 2.48. The van der Waals surface area contributed by atoms with Gasteiger partial charge in [0.25, 0.3) is 0 Å². The topological polar surface area (TPSA) is 131 Å². The van der Waals surface area contributed by atoms with Crippen LogP contribution in [0, 0.1) is 11.3 Å². The number of nitrogens with two attached hydrogens (primary N) is 1. The Balaban J connectivity index is 1.50. The first-order chi connectivity index (χ1) is 16.2. The molecular weight excluding hydrogens is 430 g/mol. The lowest BCUT2D eigenvalue weighted by Gasteiger charge is -2.31. The van der Waals surface area contributed by atoms with E-state index in [0.29, 0.717) is 17.2 Å². The van der Waals surface area contributed by atoms with Crippen molar-refractivity contribution >= 4 is 23.4 Å². The van der Waals surface area contributed by atoms with Gasteiger partial charge in [0.2, 0.25) is 11.9 Å². The lowest BCUT2D eigenvalue weighted by atomic mass is 9.72. The third-order valence-electron chi connectivity index (χ3n) is 6.60. The molecule has 1 saturated carbocycles. The molecule has 176 valence electrons. The molecule has 0 saturated heterocycles. The van der Waals surface area contributed by atoms with Crippen molar-refractivity contribution in [2.24, 2.45) is 5.92 Å². The Kier molecular flexibility index (Phi) is 6.28. The maximum Gasteiger partial charge on any atom is 0.243 e. The van der Waals surface area contributed by atoms with Crippen LogP contribution in [0.25, 0.3) is 11.1 Å². The van der Waals surface area contributed by atoms with E-state index in [0.717, 1.165) is 29.5 Å². The van der Waals surface area contributed by atoms with E-state index in [1.807, 2.05) is 24.3 Å². The number of anilines is 1. The summed E-state index contributed by atoms with van der Waals surface area (Å²) < 4.78 is 1.46. The van der Waals surface area contributed by atoms with E-state index in [9.17, 15) is 9.59 Å². The molecular formula is C25H29N7O2. The molecule has 1 atom stereocenters. The summed E-state index contributed by atoms with van der Waals surface area (Å²) in [5, 5.41) is 13.0. The van der Waals surface area contributed by atoms with Crippen LogP contribution in [0.1, 0.15) is 42.1 Å². The number of likely N-dealkylation sites (N-methyl/N-ethyl adjacent to an activating group) is 1. The zero-order chi connectivity index (χ0) is 24.5. The average Bonchev–Trinajstić information content (AvgIpc) is 3.58. The van der Waals surface area contributed by atoms with E-state index in [1.165, 1.54) is 15.8 Å². The van der Waals surface area contributed by atoms with Crippen molar-refractivity contribution < 1.29 is 9.59 Å². The predicted octanol–water partition coefficient (Wildman–Crippen LogP) is 2.97. The van der Waals surface area contributed by atoms with Crippen molar-refractivity contribution in [1.82, 2.24) is 24.6 Å². The Morgan fingerprint density at radius 1 is 1.12 bits per heavy atom. The first-order valence-electron chi connectivity index (χ1n) is 11.2. The minimum atomic E-state index is -0.525. The van der Waals surface area contributed by atoms with E-state index >= 15 is 0 Å². The summed E-state index contributed by atoms with van der Waals surface area (Å²) in [6, 6.07) is 8.03. The highest BCUT2D eigenvalue weighted by molar-refractivity contribution is 6.12. The fourth-order valence-electron chi connectivity index (χ4n) is 4.13. The molecule has 3 N–H and O–H groups in total. The number of ketones is 1. The quantitative estimate of drug-likeness (QED) is 0.374. The number of carbonyl (C=O) groups excluding carboxylic acids is 2. The molecule has 1 unspecified atom stereocenters. The molecule has 9 nitrogen and oxygen atoms in total. The van der Waals surface area contributed by atoms with E-state index in [-0.39, 0.29) is 30.6 Å². The van der Waals surface area contributed by atoms with Crippen molar-refractivity contribution in [3.63, 3.8) is 0 Å². The van der Waals surface area contributed by atoms with Gasteiger partial charge in [-0.15, -0.1) is 0 Å². The zero-order valence-electron chi connectivity index (χ0n) is 19.7. The van der Waals surface area contributed by atoms with Crippen LogP contribution < -0.4 is 5.73 Å². The van der Waals surface area contributed by atoms with Crippen LogP contribution >= 0.6 is 0 Å². The second-order valence-corrected chi connectivity index (χ2v) is 9.18. The van der Waals surface area contributed by atoms with E-state index in [4.69, 9.17) is 11.1 Å². The van der Waals surface area contributed by atoms with Crippen LogP contribution in [0.3, 0.4) is 0 Å². The molecule has 0 aliphatic heterocycles. The maximum atomic E-state index is 13.0. The van der Waals surface area contributed by atoms with Crippen molar-refractivity contribution in [3.05, 3.63) is 60.2 Å². The fourth-order valence-corrected chi connectivity index (χ4v) is 4.13. The van der Waals surface area contributed by atoms with Gasteiger partial charge in [-0.3, -0.25) is 14.3 Å². The van der Waals surface area contributed by atoms with Crippen LogP contribution in [0.5, 0.6) is 0 Å². The fraction of sp³-hybridized carbons (Fsp3) is 0.360. The van der Waals surface area contributed by atoms with Crippen LogP contribution in [0.15, 0.2) is 49.1 Å². The van der Waals surface area contributed by atoms with Gasteiger partial charge in [0.05, 0.1) is 11.8 Å². The van der Waals surface area contributed by atoms with Gasteiger partial charge in [0.1, 0.15) is 6.54 Å². The Morgan fingerprint density at radius 3 is 2.35 bits per heavy atom. The molecule has 1 amide bonds. The summed E-state index contributed by atoms with van der Waals surface area (Å²) in [6.07, 6.45) is 8.49. The van der Waals surface area contributed by atoms with Gasteiger partial charge >= 0.3 is 0 Å². The number of Topliss-reactive ketones (excluding diaryl/α,β-unsaturated/α-hetero) is 1. The van der Waals surface area contributed by atoms with Crippen LogP contribution in [0.2, 0.25) is 0 Å². The summed E-state index contributed by atoms with van der Waals surface area (Å²) in [7, 11) is 3.35. The van der Waals surface area contributed by atoms with E-state index in [1.54, 1.807) is 32.7 Å². The maximum absolute atomic E-state index is 13.0. The van der Waals surface area contributed by atoms with Gasteiger partial charge in [-0.1, -0.05) is 24.3 Å². The van der Waals surface area contributed by atoms with Crippen LogP contribution in [-0.2, 0) is 16.8 Å². The summed E-state index contributed by atoms with van der Waals surface area (Å²) in [6.45, 7) is 2.13. The SMILES string of the molecule is CN(C)C(=O)Cn1cc(C(=O)CC(=N)C(C)(c2ccc(-c3cnc(N)nc3)cc2)C2CC2)cn1. The van der Waals surface area contributed by atoms with E-state index in [2.05, 4.69) is 22.0 Å². The minimum absolute atomic E-state index is 0.00781. The van der Waals surface area contributed by atoms with Crippen molar-refractivity contribution in [3.8, 4) is 11.1 Å². The number of hydrogen-bond acceptors (Lipinski definition) is 7. The van der Waals surface area contributed by atoms with Crippen LogP contribution in [0.4, 0.5) is 5.95 Å². The van der Waals surface area contributed by atoms with Crippen LogP contribution in [-0.4, -0.2) is 56.1 Å². The number of nitrogens with zero attached hydrogens (tertiary/aromatic N) is 5. The van der Waals surface area contributed by atoms with Gasteiger partial charge in [0.15, 0.2) is 5.78 Å². The third kappa shape index (κ3) is 4.73. The molecule has 0 spiro atoms. The first kappa shape index (κ1) is 23.3. The molecule has 1 aliphatic rings. The Hall–Kier alpha value is -3.88. The lowest BCUT2D eigenvalue weighted by Crippen LogP contribution is -2.36. The number of hydrogen-bond donors (Lipinski definition) is 2. The largest absolute Gasteiger partial charge is 0.368 e. The number of aromatic nitrogens is 4. The molecule has 0 radical (unpaired) electrons. The number of nitrogens with one attached hydrogen (secondary N) is 1. The Morgan fingerprint density at radius 2 is 1.76 bits per heavy atom. The minimum Gasteiger partial charge on any atom is -0.368 e. The number of amides is 1.